The molecule has 180 valence electrons. The van der Waals surface area contributed by atoms with Crippen LogP contribution in [0, 0.1) is 17.8 Å². The molecule has 0 spiro atoms. The monoisotopic (exact) mass is 461 g/mol. The number of aliphatic hydroxyl groups excluding tert-OH is 2. The van der Waals surface area contributed by atoms with E-state index in [9.17, 15) is 34.5 Å². The quantitative estimate of drug-likeness (QED) is 0.456. The van der Waals surface area contributed by atoms with Crippen molar-refractivity contribution in [3.05, 3.63) is 39.7 Å². The average Bonchev–Trinajstić information content (AvgIpc) is 2.66. The molecular formula is C24H31NO8. The van der Waals surface area contributed by atoms with Crippen LogP contribution in [0.1, 0.15) is 51.0 Å². The second-order valence-corrected chi connectivity index (χ2v) is 9.04. The number of aromatic hydroxyl groups is 1. The smallest absolute Gasteiger partial charge is 0.173 e. The molecule has 9 heteroatoms. The van der Waals surface area contributed by atoms with Gasteiger partial charge in [-0.2, -0.15) is 0 Å². The molecule has 1 aromatic rings. The number of aliphatic hydroxyl groups is 2. The van der Waals surface area contributed by atoms with E-state index >= 15 is 0 Å². The number of rotatable bonds is 3. The Morgan fingerprint density at radius 1 is 1.06 bits per heavy atom. The van der Waals surface area contributed by atoms with Crippen molar-refractivity contribution in [2.75, 3.05) is 19.0 Å². The number of phenols is 1. The number of benzene rings is 1. The molecule has 3 aliphatic carbocycles. The average molecular weight is 462 g/mol. The molecule has 1 saturated carbocycles. The van der Waals surface area contributed by atoms with Crippen molar-refractivity contribution in [3.63, 3.8) is 0 Å². The highest BCUT2D eigenvalue weighted by molar-refractivity contribution is 6.22. The molecule has 4 rings (SSSR count). The summed E-state index contributed by atoms with van der Waals surface area (Å²) in [7, 11) is 3.56. The van der Waals surface area contributed by atoms with Gasteiger partial charge in [0.25, 0.3) is 0 Å². The van der Waals surface area contributed by atoms with E-state index in [-0.39, 0.29) is 48.6 Å². The third-order valence-corrected chi connectivity index (χ3v) is 6.83. The number of carbonyl (C=O) groups is 4. The first-order valence-electron chi connectivity index (χ1n) is 10.5. The van der Waals surface area contributed by atoms with Crippen molar-refractivity contribution in [1.29, 1.82) is 0 Å². The van der Waals surface area contributed by atoms with Gasteiger partial charge in [-0.1, -0.05) is 0 Å². The zero-order chi connectivity index (χ0) is 23.6. The number of carbonyl (C=O) groups excluding carboxylic acids is 4. The summed E-state index contributed by atoms with van der Waals surface area (Å²) in [5, 5.41) is 32.6. The number of anilines is 1. The Morgan fingerprint density at radius 3 is 2.24 bits per heavy atom. The van der Waals surface area contributed by atoms with E-state index in [1.165, 1.54) is 6.92 Å². The summed E-state index contributed by atoms with van der Waals surface area (Å²) < 4.78 is 0. The number of ketones is 4. The minimum atomic E-state index is -1.09. The molecule has 9 nitrogen and oxygen atoms in total. The largest absolute Gasteiger partial charge is 0.511 e. The molecule has 3 unspecified atom stereocenters. The highest BCUT2D eigenvalue weighted by Crippen LogP contribution is 2.52. The van der Waals surface area contributed by atoms with Crippen LogP contribution in [0.3, 0.4) is 0 Å². The van der Waals surface area contributed by atoms with E-state index in [0.717, 1.165) is 6.92 Å². The van der Waals surface area contributed by atoms with Gasteiger partial charge in [-0.25, -0.2) is 0 Å². The standard InChI is InChI=1S/C24H25NO7.H2O.2H2/c1-9(26)13-8-15(25(3)4)14-6-11-5-12-7-16(28)17(10(2)27)22(30)19(12)23(31)18(11)24(32)20(14)21(13)29;;;/h8,11-12,19,29-30,32H,5-7H2,1-4H3;1H2;2*1H. The molecule has 3 atom stereocenters. The van der Waals surface area contributed by atoms with Crippen LogP contribution in [0.15, 0.2) is 23.0 Å². The van der Waals surface area contributed by atoms with E-state index in [4.69, 9.17) is 0 Å². The number of allylic oxidation sites excluding steroid dienone is 3. The zero-order valence-corrected chi connectivity index (χ0v) is 18.9. The fourth-order valence-electron chi connectivity index (χ4n) is 5.47. The van der Waals surface area contributed by atoms with Crippen molar-refractivity contribution < 1.29 is 42.8 Å². The molecule has 0 saturated heterocycles. The highest BCUT2D eigenvalue weighted by atomic mass is 16.3. The van der Waals surface area contributed by atoms with Gasteiger partial charge in [-0.15, -0.1) is 0 Å². The summed E-state index contributed by atoms with van der Waals surface area (Å²) in [5.41, 5.74) is 1.03. The first-order chi connectivity index (χ1) is 15.0. The van der Waals surface area contributed by atoms with Gasteiger partial charge in [-0.05, 0) is 50.2 Å². The Balaban J connectivity index is 0.00000204. The maximum atomic E-state index is 13.5. The third-order valence-electron chi connectivity index (χ3n) is 6.83. The number of nitrogens with zero attached hydrogens (tertiary/aromatic N) is 1. The Kier molecular flexibility index (Phi) is 5.97. The molecular weight excluding hydrogens is 430 g/mol. The Hall–Kier alpha value is -3.46. The van der Waals surface area contributed by atoms with Crippen molar-refractivity contribution in [1.82, 2.24) is 0 Å². The van der Waals surface area contributed by atoms with Gasteiger partial charge < -0.3 is 25.7 Å². The Morgan fingerprint density at radius 2 is 1.70 bits per heavy atom. The van der Waals surface area contributed by atoms with Crippen molar-refractivity contribution in [2.45, 2.75) is 33.1 Å². The maximum Gasteiger partial charge on any atom is 0.173 e. The zero-order valence-electron chi connectivity index (χ0n) is 18.9. The molecule has 0 radical (unpaired) electrons. The summed E-state index contributed by atoms with van der Waals surface area (Å²) >= 11 is 0. The third kappa shape index (κ3) is 3.43. The highest BCUT2D eigenvalue weighted by Gasteiger charge is 2.51. The van der Waals surface area contributed by atoms with Crippen molar-refractivity contribution in [2.24, 2.45) is 17.8 Å². The van der Waals surface area contributed by atoms with Gasteiger partial charge >= 0.3 is 0 Å². The number of Topliss-reactive ketones (excluding diaryl/α,β-unsaturated/α-hetero) is 4. The summed E-state index contributed by atoms with van der Waals surface area (Å²) in [5.74, 6) is -5.36. The van der Waals surface area contributed by atoms with E-state index in [2.05, 4.69) is 0 Å². The van der Waals surface area contributed by atoms with E-state index in [1.54, 1.807) is 25.1 Å². The molecule has 3 aliphatic rings. The number of fused-ring (bicyclic) bond motifs is 3. The van der Waals surface area contributed by atoms with Crippen LogP contribution < -0.4 is 4.90 Å². The van der Waals surface area contributed by atoms with E-state index in [0.29, 0.717) is 24.1 Å². The molecule has 0 heterocycles. The van der Waals surface area contributed by atoms with Crippen LogP contribution in [0.25, 0.3) is 5.76 Å². The van der Waals surface area contributed by atoms with Gasteiger partial charge in [-0.3, -0.25) is 19.2 Å². The summed E-state index contributed by atoms with van der Waals surface area (Å²) in [6.45, 7) is 2.47. The van der Waals surface area contributed by atoms with Crippen molar-refractivity contribution >= 4 is 34.6 Å². The van der Waals surface area contributed by atoms with Crippen LogP contribution in [0.5, 0.6) is 5.75 Å². The lowest BCUT2D eigenvalue weighted by Crippen LogP contribution is -2.43. The second kappa shape index (κ2) is 8.15. The normalized spacial score (nSPS) is 23.9. The van der Waals surface area contributed by atoms with Crippen LogP contribution >= 0.6 is 0 Å². The molecule has 1 aromatic carbocycles. The number of hydrogen-bond donors (Lipinski definition) is 3. The van der Waals surface area contributed by atoms with Crippen molar-refractivity contribution in [3.8, 4) is 5.75 Å². The van der Waals surface area contributed by atoms with Gasteiger partial charge in [0.1, 0.15) is 17.3 Å². The molecule has 0 aliphatic heterocycles. The number of hydrogen-bond acceptors (Lipinski definition) is 8. The SMILES string of the molecule is CC(=O)C1=C(O)C2C(=O)C3=C(O)c4c(O)c(C(C)=O)cc(N(C)C)c4CC3CC2CC1=O.O.[HH].[HH]. The summed E-state index contributed by atoms with van der Waals surface area (Å²) in [4.78, 5) is 51.6. The minimum Gasteiger partial charge on any atom is -0.511 e. The van der Waals surface area contributed by atoms with E-state index in [1.807, 2.05) is 0 Å². The lowest BCUT2D eigenvalue weighted by molar-refractivity contribution is -0.127. The van der Waals surface area contributed by atoms with Gasteiger partial charge in [0.15, 0.2) is 23.1 Å². The van der Waals surface area contributed by atoms with Gasteiger partial charge in [0, 0.05) is 34.6 Å². The molecule has 0 amide bonds. The first kappa shape index (κ1) is 24.2. The maximum absolute atomic E-state index is 13.5. The predicted octanol–water partition coefficient (Wildman–Crippen LogP) is 2.35. The van der Waals surface area contributed by atoms with Crippen LogP contribution in [0.2, 0.25) is 0 Å². The van der Waals surface area contributed by atoms with Gasteiger partial charge in [0.2, 0.25) is 0 Å². The topological polar surface area (TPSA) is 164 Å². The lowest BCUT2D eigenvalue weighted by Gasteiger charge is -2.41. The minimum absolute atomic E-state index is 0. The second-order valence-electron chi connectivity index (χ2n) is 9.04. The van der Waals surface area contributed by atoms with E-state index < -0.39 is 46.6 Å². The summed E-state index contributed by atoms with van der Waals surface area (Å²) in [6.07, 6.45) is 0.654. The molecule has 0 bridgehead atoms. The van der Waals surface area contributed by atoms with Crippen LogP contribution in [0.4, 0.5) is 5.69 Å². The van der Waals surface area contributed by atoms with Crippen LogP contribution in [-0.4, -0.2) is 58.0 Å². The molecule has 5 N–H and O–H groups in total. The Bertz CT molecular complexity index is 1180. The summed E-state index contributed by atoms with van der Waals surface area (Å²) in [6, 6.07) is 1.57. The number of phenolic OH excluding ortho intramolecular Hbond substituents is 1. The predicted molar refractivity (Wildman–Crippen MR) is 124 cm³/mol. The van der Waals surface area contributed by atoms with Gasteiger partial charge in [0.05, 0.1) is 22.6 Å². The fraction of sp³-hybridized carbons (Fsp3) is 0.417. The fourth-order valence-corrected chi connectivity index (χ4v) is 5.47. The lowest BCUT2D eigenvalue weighted by atomic mass is 9.61. The first-order valence-corrected chi connectivity index (χ1v) is 10.5. The molecule has 0 aromatic heterocycles. The van der Waals surface area contributed by atoms with Crippen LogP contribution in [-0.2, 0) is 20.8 Å². The molecule has 1 fully saturated rings. The Labute approximate surface area is 193 Å². The molecule has 33 heavy (non-hydrogen) atoms.